The minimum Gasteiger partial charge on any atom is -0.480 e. The van der Waals surface area contributed by atoms with E-state index in [0.29, 0.717) is 12.2 Å². The third-order valence-corrected chi connectivity index (χ3v) is 3.59. The van der Waals surface area contributed by atoms with Gasteiger partial charge in [0.15, 0.2) is 6.04 Å². The van der Waals surface area contributed by atoms with Crippen LogP contribution in [0.4, 0.5) is 0 Å². The first-order valence-electron chi connectivity index (χ1n) is 6.87. The fourth-order valence-electron chi connectivity index (χ4n) is 2.41. The molecule has 7 heteroatoms. The summed E-state index contributed by atoms with van der Waals surface area (Å²) in [7, 11) is 0. The second-order valence-electron chi connectivity index (χ2n) is 4.94. The summed E-state index contributed by atoms with van der Waals surface area (Å²) >= 11 is 0. The number of amides is 1. The van der Waals surface area contributed by atoms with Crippen LogP contribution in [-0.4, -0.2) is 57.2 Å². The molecule has 0 spiro atoms. The number of rotatable bonds is 3. The Hall–Kier alpha value is -2.67. The van der Waals surface area contributed by atoms with Gasteiger partial charge in [-0.15, -0.1) is 0 Å². The van der Waals surface area contributed by atoms with E-state index in [4.69, 9.17) is 4.74 Å². The molecule has 0 saturated carbocycles. The number of hydrogen-bond donors (Lipinski definition) is 1. The van der Waals surface area contributed by atoms with Gasteiger partial charge >= 0.3 is 5.97 Å². The number of carboxylic acid groups (broad SMARTS) is 1. The summed E-state index contributed by atoms with van der Waals surface area (Å²) in [5, 5.41) is 9.19. The molecule has 22 heavy (non-hydrogen) atoms. The molecular weight excluding hydrogens is 286 g/mol. The second kappa shape index (κ2) is 5.98. The summed E-state index contributed by atoms with van der Waals surface area (Å²) in [5.41, 5.74) is 1.34. The van der Waals surface area contributed by atoms with Gasteiger partial charge < -0.3 is 19.3 Å². The first kappa shape index (κ1) is 14.3. The fourth-order valence-corrected chi connectivity index (χ4v) is 2.41. The van der Waals surface area contributed by atoms with Crippen LogP contribution in [0, 0.1) is 0 Å². The van der Waals surface area contributed by atoms with E-state index in [-0.39, 0.29) is 19.1 Å². The number of carbonyl (C=O) groups is 2. The van der Waals surface area contributed by atoms with E-state index in [2.05, 4.69) is 4.98 Å². The maximum Gasteiger partial charge on any atom is 0.328 e. The topological polar surface area (TPSA) is 84.7 Å². The lowest BCUT2D eigenvalue weighted by Crippen LogP contribution is -2.52. The molecule has 2 heterocycles. The Balaban J connectivity index is 1.81. The van der Waals surface area contributed by atoms with Gasteiger partial charge in [-0.25, -0.2) is 9.78 Å². The zero-order chi connectivity index (χ0) is 15.5. The molecule has 1 aliphatic rings. The Morgan fingerprint density at radius 3 is 2.68 bits per heavy atom. The number of aliphatic carboxylic acids is 1. The van der Waals surface area contributed by atoms with Crippen LogP contribution in [0.15, 0.2) is 43.0 Å². The number of carbonyl (C=O) groups excluding carboxylic acids is 1. The predicted octanol–water partition coefficient (Wildman–Crippen LogP) is 0.798. The molecule has 0 aliphatic carbocycles. The average molecular weight is 301 g/mol. The highest BCUT2D eigenvalue weighted by Gasteiger charge is 2.33. The number of aromatic nitrogens is 2. The molecule has 1 fully saturated rings. The molecule has 1 saturated heterocycles. The van der Waals surface area contributed by atoms with Crippen LogP contribution >= 0.6 is 0 Å². The molecule has 1 unspecified atom stereocenters. The number of hydrogen-bond acceptors (Lipinski definition) is 4. The SMILES string of the molecule is O=C(O)C1COCCN1C(=O)c1ccc(-n2ccnc2)cc1. The Morgan fingerprint density at radius 2 is 2.05 bits per heavy atom. The van der Waals surface area contributed by atoms with Crippen molar-refractivity contribution < 1.29 is 19.4 Å². The van der Waals surface area contributed by atoms with Gasteiger partial charge in [0.2, 0.25) is 0 Å². The molecular formula is C15H15N3O4. The molecule has 3 rings (SSSR count). The highest BCUT2D eigenvalue weighted by Crippen LogP contribution is 2.15. The number of nitrogens with zero attached hydrogens (tertiary/aromatic N) is 3. The molecule has 114 valence electrons. The van der Waals surface area contributed by atoms with Gasteiger partial charge in [0.25, 0.3) is 5.91 Å². The number of ether oxygens (including phenoxy) is 1. The summed E-state index contributed by atoms with van der Waals surface area (Å²) in [6.07, 6.45) is 5.14. The highest BCUT2D eigenvalue weighted by atomic mass is 16.5. The predicted molar refractivity (Wildman–Crippen MR) is 76.8 cm³/mol. The summed E-state index contributed by atoms with van der Waals surface area (Å²) in [6, 6.07) is 6.03. The van der Waals surface area contributed by atoms with Crippen molar-refractivity contribution in [1.29, 1.82) is 0 Å². The van der Waals surface area contributed by atoms with Gasteiger partial charge in [-0.2, -0.15) is 0 Å². The number of carboxylic acids is 1. The van der Waals surface area contributed by atoms with Gasteiger partial charge in [0.1, 0.15) is 0 Å². The van der Waals surface area contributed by atoms with Crippen LogP contribution in [-0.2, 0) is 9.53 Å². The fraction of sp³-hybridized carbons (Fsp3) is 0.267. The lowest BCUT2D eigenvalue weighted by molar-refractivity contribution is -0.147. The van der Waals surface area contributed by atoms with Crippen LogP contribution in [0.2, 0.25) is 0 Å². The Labute approximate surface area is 126 Å². The van der Waals surface area contributed by atoms with Crippen LogP contribution < -0.4 is 0 Å². The molecule has 1 aromatic heterocycles. The molecule has 1 atom stereocenters. The second-order valence-corrected chi connectivity index (χ2v) is 4.94. The highest BCUT2D eigenvalue weighted by molar-refractivity contribution is 5.96. The summed E-state index contributed by atoms with van der Waals surface area (Å²) in [6.45, 7) is 0.649. The quantitative estimate of drug-likeness (QED) is 0.906. The summed E-state index contributed by atoms with van der Waals surface area (Å²) < 4.78 is 6.97. The lowest BCUT2D eigenvalue weighted by atomic mass is 10.1. The minimum absolute atomic E-state index is 0.0220. The van der Waals surface area contributed by atoms with E-state index < -0.39 is 12.0 Å². The van der Waals surface area contributed by atoms with Crippen LogP contribution in [0.5, 0.6) is 0 Å². The molecule has 1 N–H and O–H groups in total. The summed E-state index contributed by atoms with van der Waals surface area (Å²) in [4.78, 5) is 29.0. The zero-order valence-electron chi connectivity index (χ0n) is 11.8. The molecule has 0 bridgehead atoms. The van der Waals surface area contributed by atoms with Crippen LogP contribution in [0.1, 0.15) is 10.4 Å². The van der Waals surface area contributed by atoms with Crippen molar-refractivity contribution in [2.24, 2.45) is 0 Å². The van der Waals surface area contributed by atoms with Crippen molar-refractivity contribution in [3.05, 3.63) is 48.5 Å². The maximum absolute atomic E-state index is 12.5. The minimum atomic E-state index is -1.05. The van der Waals surface area contributed by atoms with Crippen molar-refractivity contribution in [2.45, 2.75) is 6.04 Å². The van der Waals surface area contributed by atoms with Gasteiger partial charge in [0, 0.05) is 30.2 Å². The van der Waals surface area contributed by atoms with Crippen molar-refractivity contribution >= 4 is 11.9 Å². The van der Waals surface area contributed by atoms with E-state index >= 15 is 0 Å². The van der Waals surface area contributed by atoms with Gasteiger partial charge in [-0.05, 0) is 24.3 Å². The average Bonchev–Trinajstić information content (AvgIpc) is 3.09. The van der Waals surface area contributed by atoms with Crippen molar-refractivity contribution in [3.63, 3.8) is 0 Å². The van der Waals surface area contributed by atoms with Gasteiger partial charge in [-0.1, -0.05) is 0 Å². The Bertz CT molecular complexity index is 667. The molecule has 1 aliphatic heterocycles. The van der Waals surface area contributed by atoms with E-state index in [1.807, 2.05) is 4.57 Å². The molecule has 7 nitrogen and oxygen atoms in total. The number of imidazole rings is 1. The smallest absolute Gasteiger partial charge is 0.328 e. The van der Waals surface area contributed by atoms with E-state index in [1.54, 1.807) is 43.0 Å². The van der Waals surface area contributed by atoms with E-state index in [0.717, 1.165) is 5.69 Å². The van der Waals surface area contributed by atoms with E-state index in [9.17, 15) is 14.7 Å². The number of morpholine rings is 1. The van der Waals surface area contributed by atoms with Gasteiger partial charge in [-0.3, -0.25) is 4.79 Å². The lowest BCUT2D eigenvalue weighted by Gasteiger charge is -2.32. The monoisotopic (exact) mass is 301 g/mol. The third kappa shape index (κ3) is 2.71. The standard InChI is InChI=1S/C15H15N3O4/c19-14(18-7-8-22-9-13(18)15(20)21)11-1-3-12(4-2-11)17-6-5-16-10-17/h1-6,10,13H,7-9H2,(H,20,21). The first-order valence-corrected chi connectivity index (χ1v) is 6.87. The van der Waals surface area contributed by atoms with Crippen LogP contribution in [0.3, 0.4) is 0 Å². The van der Waals surface area contributed by atoms with E-state index in [1.165, 1.54) is 4.90 Å². The van der Waals surface area contributed by atoms with Crippen molar-refractivity contribution in [2.75, 3.05) is 19.8 Å². The number of benzene rings is 1. The summed E-state index contributed by atoms with van der Waals surface area (Å²) in [5.74, 6) is -1.35. The molecule has 2 aromatic rings. The first-order chi connectivity index (χ1) is 10.7. The Kier molecular flexibility index (Phi) is 3.88. The zero-order valence-corrected chi connectivity index (χ0v) is 11.8. The third-order valence-electron chi connectivity index (χ3n) is 3.59. The largest absolute Gasteiger partial charge is 0.480 e. The van der Waals surface area contributed by atoms with Crippen molar-refractivity contribution in [3.8, 4) is 5.69 Å². The Morgan fingerprint density at radius 1 is 1.27 bits per heavy atom. The molecule has 0 radical (unpaired) electrons. The van der Waals surface area contributed by atoms with Gasteiger partial charge in [0.05, 0.1) is 19.5 Å². The normalized spacial score (nSPS) is 18.2. The molecule has 1 aromatic carbocycles. The van der Waals surface area contributed by atoms with Crippen LogP contribution in [0.25, 0.3) is 5.69 Å². The maximum atomic E-state index is 12.5. The molecule has 1 amide bonds. The van der Waals surface area contributed by atoms with Crippen molar-refractivity contribution in [1.82, 2.24) is 14.5 Å².